The van der Waals surface area contributed by atoms with Crippen LogP contribution < -0.4 is 10.1 Å². The molecule has 0 fully saturated rings. The first-order chi connectivity index (χ1) is 17.1. The molecule has 0 aliphatic heterocycles. The van der Waals surface area contributed by atoms with Gasteiger partial charge in [0.2, 0.25) is 11.7 Å². The summed E-state index contributed by atoms with van der Waals surface area (Å²) in [6.45, 7) is 2.09. The largest absolute Gasteiger partial charge is 0.480 e. The molecule has 0 unspecified atom stereocenters. The average Bonchev–Trinajstić information content (AvgIpc) is 3.56. The number of hydrogen-bond donors (Lipinski definition) is 2. The lowest BCUT2D eigenvalue weighted by Gasteiger charge is -2.13. The second-order valence-electron chi connectivity index (χ2n) is 7.96. The van der Waals surface area contributed by atoms with Crippen molar-refractivity contribution in [2.75, 3.05) is 14.2 Å². The van der Waals surface area contributed by atoms with Gasteiger partial charge in [-0.2, -0.15) is 9.90 Å². The number of aromatic amines is 1. The molecule has 0 aliphatic rings. The van der Waals surface area contributed by atoms with E-state index in [9.17, 15) is 4.79 Å². The number of nitrogens with zero attached hydrogens (tertiary/aromatic N) is 6. The van der Waals surface area contributed by atoms with Gasteiger partial charge in [-0.1, -0.05) is 43.3 Å². The molecule has 5 rings (SSSR count). The van der Waals surface area contributed by atoms with Gasteiger partial charge in [-0.3, -0.25) is 9.89 Å². The minimum absolute atomic E-state index is 0.0307. The highest BCUT2D eigenvalue weighted by Crippen LogP contribution is 2.32. The first kappa shape index (κ1) is 22.2. The average molecular weight is 469 g/mol. The van der Waals surface area contributed by atoms with Crippen molar-refractivity contribution in [3.63, 3.8) is 0 Å². The zero-order chi connectivity index (χ0) is 24.4. The number of amides is 1. The van der Waals surface area contributed by atoms with Crippen LogP contribution in [0, 0.1) is 0 Å². The number of rotatable bonds is 7. The number of methoxy groups -OCH3 is 1. The van der Waals surface area contributed by atoms with Gasteiger partial charge in [0.1, 0.15) is 0 Å². The van der Waals surface area contributed by atoms with Crippen LogP contribution in [0.25, 0.3) is 33.4 Å². The Morgan fingerprint density at radius 3 is 2.71 bits per heavy atom. The number of H-pyrrole nitrogens is 1. The Labute approximate surface area is 201 Å². The summed E-state index contributed by atoms with van der Waals surface area (Å²) in [7, 11) is 3.14. The molecule has 1 atom stereocenters. The van der Waals surface area contributed by atoms with Crippen molar-refractivity contribution in [2.24, 2.45) is 0 Å². The molecule has 2 N–H and O–H groups in total. The summed E-state index contributed by atoms with van der Waals surface area (Å²) < 4.78 is 5.49. The van der Waals surface area contributed by atoms with Crippen molar-refractivity contribution in [1.82, 2.24) is 40.7 Å². The van der Waals surface area contributed by atoms with Crippen molar-refractivity contribution in [2.45, 2.75) is 19.4 Å². The molecule has 10 heteroatoms. The highest BCUT2D eigenvalue weighted by atomic mass is 16.5. The normalized spacial score (nSPS) is 12.0. The predicted molar refractivity (Wildman–Crippen MR) is 131 cm³/mol. The number of tetrazole rings is 1. The van der Waals surface area contributed by atoms with E-state index >= 15 is 0 Å². The molecule has 0 aliphatic carbocycles. The molecule has 0 bridgehead atoms. The van der Waals surface area contributed by atoms with Crippen molar-refractivity contribution in [3.05, 3.63) is 72.1 Å². The van der Waals surface area contributed by atoms with E-state index in [2.05, 4.69) is 55.0 Å². The Morgan fingerprint density at radius 1 is 1.14 bits per heavy atom. The van der Waals surface area contributed by atoms with Crippen molar-refractivity contribution < 1.29 is 9.53 Å². The molecule has 0 saturated carbocycles. The Balaban J connectivity index is 1.52. The lowest BCUT2D eigenvalue weighted by atomic mass is 10.0. The summed E-state index contributed by atoms with van der Waals surface area (Å²) in [6, 6.07) is 17.7. The SMILES string of the molecule is CC[C@H](c1ccccc1)n1nnc(-c2cc(-c3ccc4c(C(=O)NC)n[nH]c4c3)cnc2OC)n1. The van der Waals surface area contributed by atoms with Crippen LogP contribution in [0.4, 0.5) is 0 Å². The molecule has 3 heterocycles. The molecule has 3 aromatic heterocycles. The van der Waals surface area contributed by atoms with E-state index in [4.69, 9.17) is 4.74 Å². The van der Waals surface area contributed by atoms with E-state index in [1.165, 1.54) is 0 Å². The second kappa shape index (κ2) is 9.34. The van der Waals surface area contributed by atoms with Crippen LogP contribution >= 0.6 is 0 Å². The molecule has 0 radical (unpaired) electrons. The van der Waals surface area contributed by atoms with E-state index in [0.29, 0.717) is 23.0 Å². The van der Waals surface area contributed by atoms with E-state index in [-0.39, 0.29) is 11.9 Å². The zero-order valence-electron chi connectivity index (χ0n) is 19.6. The Bertz CT molecular complexity index is 1490. The van der Waals surface area contributed by atoms with Gasteiger partial charge < -0.3 is 10.1 Å². The first-order valence-electron chi connectivity index (χ1n) is 11.2. The summed E-state index contributed by atoms with van der Waals surface area (Å²) in [4.78, 5) is 18.2. The summed E-state index contributed by atoms with van der Waals surface area (Å²) in [6.07, 6.45) is 2.54. The molecule has 35 heavy (non-hydrogen) atoms. The van der Waals surface area contributed by atoms with Crippen molar-refractivity contribution >= 4 is 16.8 Å². The smallest absolute Gasteiger partial charge is 0.272 e. The Kier molecular flexibility index (Phi) is 5.92. The predicted octanol–water partition coefficient (Wildman–Crippen LogP) is 3.65. The molecule has 10 nitrogen and oxygen atoms in total. The highest BCUT2D eigenvalue weighted by Gasteiger charge is 2.20. The fourth-order valence-corrected chi connectivity index (χ4v) is 4.10. The number of benzene rings is 2. The molecule has 176 valence electrons. The monoisotopic (exact) mass is 468 g/mol. The first-order valence-corrected chi connectivity index (χ1v) is 11.2. The van der Waals surface area contributed by atoms with Crippen LogP contribution in [0.3, 0.4) is 0 Å². The van der Waals surface area contributed by atoms with E-state index in [1.54, 1.807) is 25.2 Å². The quantitative estimate of drug-likeness (QED) is 0.374. The van der Waals surface area contributed by atoms with Gasteiger partial charge in [0.15, 0.2) is 5.69 Å². The van der Waals surface area contributed by atoms with Gasteiger partial charge >= 0.3 is 0 Å². The summed E-state index contributed by atoms with van der Waals surface area (Å²) >= 11 is 0. The van der Waals surface area contributed by atoms with Gasteiger partial charge in [0.25, 0.3) is 5.91 Å². The van der Waals surface area contributed by atoms with Gasteiger partial charge in [-0.05, 0) is 41.0 Å². The number of carbonyl (C=O) groups is 1. The van der Waals surface area contributed by atoms with Crippen LogP contribution in [-0.2, 0) is 0 Å². The summed E-state index contributed by atoms with van der Waals surface area (Å²) in [5.74, 6) is 0.591. The number of fused-ring (bicyclic) bond motifs is 1. The standard InChI is InChI=1S/C25H24N8O2/c1-4-21(15-8-6-5-7-9-15)33-31-23(30-32-33)19-12-17(14-27-25(19)35-3)16-10-11-18-20(13-16)28-29-22(18)24(34)26-2/h5-14,21H,4H2,1-3H3,(H,26,34)(H,28,29)/t21-/m1/s1. The molecule has 1 amide bonds. The van der Waals surface area contributed by atoms with Crippen LogP contribution in [0.1, 0.15) is 35.4 Å². The zero-order valence-corrected chi connectivity index (χ0v) is 19.6. The lowest BCUT2D eigenvalue weighted by molar-refractivity contribution is 0.0959. The van der Waals surface area contributed by atoms with Gasteiger partial charge in [0, 0.05) is 24.2 Å². The second-order valence-corrected chi connectivity index (χ2v) is 7.96. The van der Waals surface area contributed by atoms with Crippen LogP contribution in [0.15, 0.2) is 60.8 Å². The maximum absolute atomic E-state index is 12.0. The number of aromatic nitrogens is 7. The third-order valence-electron chi connectivity index (χ3n) is 5.90. The third-order valence-corrected chi connectivity index (χ3v) is 5.90. The minimum Gasteiger partial charge on any atom is -0.480 e. The maximum Gasteiger partial charge on any atom is 0.272 e. The molecule has 0 saturated heterocycles. The van der Waals surface area contributed by atoms with Gasteiger partial charge in [-0.15, -0.1) is 10.2 Å². The Morgan fingerprint density at radius 2 is 1.97 bits per heavy atom. The fraction of sp³-hybridized carbons (Fsp3) is 0.200. The lowest BCUT2D eigenvalue weighted by Crippen LogP contribution is -2.18. The molecule has 2 aromatic carbocycles. The van der Waals surface area contributed by atoms with Gasteiger partial charge in [0.05, 0.1) is 24.2 Å². The van der Waals surface area contributed by atoms with E-state index < -0.39 is 0 Å². The molecule has 5 aromatic rings. The number of nitrogens with one attached hydrogen (secondary N) is 2. The third kappa shape index (κ3) is 4.10. The number of ether oxygens (including phenoxy) is 1. The Hall–Kier alpha value is -4.60. The fourth-order valence-electron chi connectivity index (χ4n) is 4.10. The summed E-state index contributed by atoms with van der Waals surface area (Å²) in [5.41, 5.74) is 4.58. The molecular weight excluding hydrogens is 444 g/mol. The number of carbonyl (C=O) groups excluding carboxylic acids is 1. The van der Waals surface area contributed by atoms with Crippen LogP contribution in [0.2, 0.25) is 0 Å². The summed E-state index contributed by atoms with van der Waals surface area (Å²) in [5, 5.41) is 23.7. The number of hydrogen-bond acceptors (Lipinski definition) is 7. The minimum atomic E-state index is -0.243. The number of pyridine rings is 1. The maximum atomic E-state index is 12.0. The van der Waals surface area contributed by atoms with Crippen molar-refractivity contribution in [1.29, 1.82) is 0 Å². The topological polar surface area (TPSA) is 124 Å². The van der Waals surface area contributed by atoms with Crippen LogP contribution in [0.5, 0.6) is 5.88 Å². The molecule has 0 spiro atoms. The van der Waals surface area contributed by atoms with Crippen LogP contribution in [-0.4, -0.2) is 55.5 Å². The van der Waals surface area contributed by atoms with Gasteiger partial charge in [-0.25, -0.2) is 4.98 Å². The van der Waals surface area contributed by atoms with E-state index in [0.717, 1.165) is 34.0 Å². The van der Waals surface area contributed by atoms with Crippen molar-refractivity contribution in [3.8, 4) is 28.4 Å². The highest BCUT2D eigenvalue weighted by molar-refractivity contribution is 6.05. The van der Waals surface area contributed by atoms with E-state index in [1.807, 2.05) is 42.5 Å². The molecular formula is C25H24N8O2.